The van der Waals surface area contributed by atoms with E-state index in [0.717, 1.165) is 106 Å². The molecule has 5 heterocycles. The van der Waals surface area contributed by atoms with E-state index in [4.69, 9.17) is 13.8 Å². The molecule has 15 rings (SSSR count). The van der Waals surface area contributed by atoms with Crippen molar-refractivity contribution in [3.05, 3.63) is 212 Å². The SMILES string of the molecule is c1ccc2c(c1)OB1c3ccc(-c4ccccc4-n4c5ccccc5c5ccccc54)cc3Oc3cc(-c4ccc5c(c4)oc4c(-n6c7ccccc7c7ccccc76)cccc45)cc-2c31. The Balaban J connectivity index is 0.874. The van der Waals surface area contributed by atoms with Crippen molar-refractivity contribution in [2.75, 3.05) is 0 Å². The first-order valence-electron chi connectivity index (χ1n) is 22.5. The minimum absolute atomic E-state index is 0.332. The summed E-state index contributed by atoms with van der Waals surface area (Å²) in [6.07, 6.45) is 0. The van der Waals surface area contributed by atoms with Crippen LogP contribution in [0.2, 0.25) is 0 Å². The van der Waals surface area contributed by atoms with Gasteiger partial charge in [-0.15, -0.1) is 0 Å². The monoisotopic (exact) mass is 842 g/mol. The third-order valence-electron chi connectivity index (χ3n) is 14.0. The van der Waals surface area contributed by atoms with Gasteiger partial charge in [0.1, 0.15) is 22.8 Å². The van der Waals surface area contributed by atoms with Gasteiger partial charge in [0.05, 0.1) is 33.4 Å². The number of benzene rings is 10. The van der Waals surface area contributed by atoms with E-state index in [0.29, 0.717) is 0 Å². The molecular formula is C60H35BN2O3. The van der Waals surface area contributed by atoms with Crippen LogP contribution in [0, 0.1) is 0 Å². The summed E-state index contributed by atoms with van der Waals surface area (Å²) in [4.78, 5) is 0. The lowest BCUT2D eigenvalue weighted by molar-refractivity contribution is 0.480. The summed E-state index contributed by atoms with van der Waals surface area (Å²) >= 11 is 0. The van der Waals surface area contributed by atoms with Gasteiger partial charge in [-0.2, -0.15) is 0 Å². The molecule has 0 atom stereocenters. The zero-order valence-electron chi connectivity index (χ0n) is 35.4. The Morgan fingerprint density at radius 1 is 0.348 bits per heavy atom. The minimum atomic E-state index is -0.332. The van der Waals surface area contributed by atoms with Gasteiger partial charge >= 0.3 is 6.92 Å². The van der Waals surface area contributed by atoms with Gasteiger partial charge in [-0.05, 0) is 95.1 Å². The Morgan fingerprint density at radius 2 is 0.909 bits per heavy atom. The van der Waals surface area contributed by atoms with Crippen LogP contribution in [0.1, 0.15) is 0 Å². The number of rotatable bonds is 4. The normalized spacial score (nSPS) is 12.8. The van der Waals surface area contributed by atoms with Crippen molar-refractivity contribution in [2.24, 2.45) is 0 Å². The Kier molecular flexibility index (Phi) is 7.24. The minimum Gasteiger partial charge on any atom is -0.551 e. The molecule has 3 aromatic heterocycles. The molecule has 0 aliphatic carbocycles. The second kappa shape index (κ2) is 13.4. The lowest BCUT2D eigenvalue weighted by Crippen LogP contribution is -2.53. The van der Waals surface area contributed by atoms with Gasteiger partial charge in [0, 0.05) is 54.4 Å². The van der Waals surface area contributed by atoms with E-state index >= 15 is 0 Å². The third kappa shape index (κ3) is 4.95. The molecule has 6 heteroatoms. The summed E-state index contributed by atoms with van der Waals surface area (Å²) in [7, 11) is 0. The summed E-state index contributed by atoms with van der Waals surface area (Å²) in [5.74, 6) is 2.44. The Hall–Kier alpha value is -8.74. The van der Waals surface area contributed by atoms with Crippen LogP contribution in [0.3, 0.4) is 0 Å². The number of aromatic nitrogens is 2. The Morgan fingerprint density at radius 3 is 1.62 bits per heavy atom. The van der Waals surface area contributed by atoms with Gasteiger partial charge in [0.15, 0.2) is 5.58 Å². The molecule has 0 N–H and O–H groups in total. The van der Waals surface area contributed by atoms with Crippen LogP contribution in [0.5, 0.6) is 17.2 Å². The van der Waals surface area contributed by atoms with Crippen molar-refractivity contribution in [2.45, 2.75) is 0 Å². The highest BCUT2D eigenvalue weighted by Gasteiger charge is 2.41. The van der Waals surface area contributed by atoms with Crippen molar-refractivity contribution in [3.63, 3.8) is 0 Å². The van der Waals surface area contributed by atoms with Gasteiger partial charge in [0.2, 0.25) is 0 Å². The average molecular weight is 843 g/mol. The number of para-hydroxylation sites is 7. The van der Waals surface area contributed by atoms with Crippen molar-refractivity contribution >= 4 is 83.4 Å². The smallest absolute Gasteiger partial charge is 0.434 e. The van der Waals surface area contributed by atoms with E-state index in [-0.39, 0.29) is 6.92 Å². The maximum absolute atomic E-state index is 7.08. The van der Waals surface area contributed by atoms with Gasteiger partial charge in [0.25, 0.3) is 0 Å². The maximum Gasteiger partial charge on any atom is 0.434 e. The molecule has 13 aromatic rings. The van der Waals surface area contributed by atoms with Gasteiger partial charge in [-0.25, -0.2) is 0 Å². The quantitative estimate of drug-likeness (QED) is 0.166. The molecular weight excluding hydrogens is 807 g/mol. The molecule has 2 aliphatic rings. The molecule has 2 aliphatic heterocycles. The molecule has 0 spiro atoms. The van der Waals surface area contributed by atoms with Crippen LogP contribution in [-0.4, -0.2) is 16.0 Å². The van der Waals surface area contributed by atoms with Crippen LogP contribution < -0.4 is 20.3 Å². The summed E-state index contributed by atoms with van der Waals surface area (Å²) in [6, 6.07) is 75.7. The fraction of sp³-hybridized carbons (Fsp3) is 0. The standard InChI is InChI=1S/C60H35BN2O3/c1-7-21-49(62-50-22-8-2-15-40(50)41-16-3-9-23-51(41)62)39(14-1)37-29-31-48-57(34-37)64-58-35-38(32-47-44-19-6-12-27-55(44)66-61(48)59(47)58)36-28-30-45-46-20-13-26-54(60(46)65-56(45)33-36)63-52-24-10-4-17-42(52)43-18-5-11-25-53(43)63/h1-35H. The van der Waals surface area contributed by atoms with E-state index in [1.165, 1.54) is 32.6 Å². The molecule has 66 heavy (non-hydrogen) atoms. The number of furan rings is 1. The predicted molar refractivity (Wildman–Crippen MR) is 271 cm³/mol. The average Bonchev–Trinajstić information content (AvgIpc) is 4.04. The lowest BCUT2D eigenvalue weighted by atomic mass is 9.50. The van der Waals surface area contributed by atoms with Crippen molar-refractivity contribution < 1.29 is 13.8 Å². The predicted octanol–water partition coefficient (Wildman–Crippen LogP) is 14.4. The molecule has 306 valence electrons. The zero-order chi connectivity index (χ0) is 43.0. The highest BCUT2D eigenvalue weighted by atomic mass is 16.5. The van der Waals surface area contributed by atoms with Crippen LogP contribution >= 0.6 is 0 Å². The number of fused-ring (bicyclic) bond motifs is 13. The first-order valence-corrected chi connectivity index (χ1v) is 22.5. The van der Waals surface area contributed by atoms with Crippen LogP contribution in [0.25, 0.3) is 110 Å². The molecule has 0 bridgehead atoms. The second-order valence-corrected chi connectivity index (χ2v) is 17.5. The van der Waals surface area contributed by atoms with E-state index in [1.54, 1.807) is 0 Å². The fourth-order valence-corrected chi connectivity index (χ4v) is 11.1. The summed E-state index contributed by atoms with van der Waals surface area (Å²) in [5.41, 5.74) is 17.0. The maximum atomic E-state index is 7.08. The van der Waals surface area contributed by atoms with Crippen LogP contribution in [0.4, 0.5) is 0 Å². The van der Waals surface area contributed by atoms with Crippen molar-refractivity contribution in [1.82, 2.24) is 9.13 Å². The number of ether oxygens (including phenoxy) is 1. The molecule has 5 nitrogen and oxygen atoms in total. The molecule has 0 saturated carbocycles. The lowest BCUT2D eigenvalue weighted by Gasteiger charge is -2.33. The van der Waals surface area contributed by atoms with Gasteiger partial charge in [-0.3, -0.25) is 0 Å². The number of hydrogen-bond donors (Lipinski definition) is 0. The van der Waals surface area contributed by atoms with E-state index in [1.807, 2.05) is 6.07 Å². The Bertz CT molecular complexity index is 4100. The summed E-state index contributed by atoms with van der Waals surface area (Å²) < 4.78 is 25.7. The Labute approximate surface area is 379 Å². The number of nitrogens with zero attached hydrogens (tertiary/aromatic N) is 2. The molecule has 0 saturated heterocycles. The summed E-state index contributed by atoms with van der Waals surface area (Å²) in [5, 5.41) is 7.07. The highest BCUT2D eigenvalue weighted by Crippen LogP contribution is 2.45. The van der Waals surface area contributed by atoms with E-state index in [2.05, 4.69) is 215 Å². The van der Waals surface area contributed by atoms with Gasteiger partial charge < -0.3 is 22.9 Å². The van der Waals surface area contributed by atoms with E-state index in [9.17, 15) is 0 Å². The first-order chi connectivity index (χ1) is 32.7. The largest absolute Gasteiger partial charge is 0.551 e. The number of hydrogen-bond acceptors (Lipinski definition) is 3. The molecule has 0 fully saturated rings. The topological polar surface area (TPSA) is 41.5 Å². The fourth-order valence-electron chi connectivity index (χ4n) is 11.1. The van der Waals surface area contributed by atoms with Crippen LogP contribution in [-0.2, 0) is 0 Å². The van der Waals surface area contributed by atoms with Crippen molar-refractivity contribution in [1.29, 1.82) is 0 Å². The molecule has 0 radical (unpaired) electrons. The van der Waals surface area contributed by atoms with Gasteiger partial charge in [-0.1, -0.05) is 140 Å². The third-order valence-corrected chi connectivity index (χ3v) is 14.0. The zero-order valence-corrected chi connectivity index (χ0v) is 35.4. The molecule has 10 aromatic carbocycles. The van der Waals surface area contributed by atoms with E-state index < -0.39 is 0 Å². The summed E-state index contributed by atoms with van der Waals surface area (Å²) in [6.45, 7) is -0.332. The second-order valence-electron chi connectivity index (χ2n) is 17.5. The van der Waals surface area contributed by atoms with Crippen molar-refractivity contribution in [3.8, 4) is 62.0 Å². The molecule has 0 unspecified atom stereocenters. The molecule has 0 amide bonds. The van der Waals surface area contributed by atoms with Crippen LogP contribution in [0.15, 0.2) is 217 Å². The highest BCUT2D eigenvalue weighted by molar-refractivity contribution is 6.84. The first kappa shape index (κ1) is 35.7.